The largest absolute Gasteiger partial charge is 0.497 e. The molecule has 142 valence electrons. The predicted octanol–water partition coefficient (Wildman–Crippen LogP) is 3.18. The zero-order valence-corrected chi connectivity index (χ0v) is 16.4. The second kappa shape index (κ2) is 7.50. The number of methoxy groups -OCH3 is 1. The fraction of sp³-hybridized carbons (Fsp3) is 0.263. The Morgan fingerprint density at radius 3 is 2.48 bits per heavy atom. The number of aryl methyl sites for hydroxylation is 2. The molecule has 3 aromatic rings. The number of nitrogens with zero attached hydrogens (tertiary/aromatic N) is 3. The van der Waals surface area contributed by atoms with Gasteiger partial charge >= 0.3 is 0 Å². The first-order valence-electron chi connectivity index (χ1n) is 8.32. The van der Waals surface area contributed by atoms with Gasteiger partial charge in [-0.25, -0.2) is 8.42 Å². The van der Waals surface area contributed by atoms with Crippen molar-refractivity contribution in [3.05, 3.63) is 59.5 Å². The van der Waals surface area contributed by atoms with E-state index in [2.05, 4.69) is 10.1 Å². The Labute approximate surface area is 158 Å². The molecule has 27 heavy (non-hydrogen) atoms. The maximum Gasteiger partial charge on any atom is 0.243 e. The first-order valence-corrected chi connectivity index (χ1v) is 9.76. The van der Waals surface area contributed by atoms with E-state index in [4.69, 9.17) is 9.26 Å². The number of sulfonamides is 1. The molecule has 0 fully saturated rings. The second-order valence-electron chi connectivity index (χ2n) is 6.27. The quantitative estimate of drug-likeness (QED) is 0.646. The summed E-state index contributed by atoms with van der Waals surface area (Å²) >= 11 is 0. The Kier molecular flexibility index (Phi) is 5.29. The van der Waals surface area contributed by atoms with Crippen molar-refractivity contribution < 1.29 is 17.7 Å². The van der Waals surface area contributed by atoms with Gasteiger partial charge in [-0.2, -0.15) is 9.29 Å². The van der Waals surface area contributed by atoms with Gasteiger partial charge in [-0.05, 0) is 55.3 Å². The molecule has 8 heteroatoms. The van der Waals surface area contributed by atoms with Gasteiger partial charge in [0.1, 0.15) is 5.75 Å². The molecule has 1 aromatic heterocycles. The molecule has 0 aliphatic carbocycles. The van der Waals surface area contributed by atoms with Gasteiger partial charge in [-0.1, -0.05) is 17.3 Å². The van der Waals surface area contributed by atoms with Gasteiger partial charge in [0, 0.05) is 12.6 Å². The molecular formula is C19H21N3O4S. The summed E-state index contributed by atoms with van der Waals surface area (Å²) in [7, 11) is -0.580. The summed E-state index contributed by atoms with van der Waals surface area (Å²) in [6.07, 6.45) is 0. The Bertz CT molecular complexity index is 1040. The minimum Gasteiger partial charge on any atom is -0.497 e. The van der Waals surface area contributed by atoms with Crippen molar-refractivity contribution >= 4 is 10.0 Å². The lowest BCUT2D eigenvalue weighted by Gasteiger charge is -2.17. The summed E-state index contributed by atoms with van der Waals surface area (Å²) in [6.45, 7) is 3.62. The summed E-state index contributed by atoms with van der Waals surface area (Å²) in [5.41, 5.74) is 2.33. The van der Waals surface area contributed by atoms with E-state index in [0.29, 0.717) is 11.4 Å². The first-order chi connectivity index (χ1) is 12.8. The van der Waals surface area contributed by atoms with Gasteiger partial charge < -0.3 is 9.26 Å². The van der Waals surface area contributed by atoms with Crippen molar-refractivity contribution in [1.29, 1.82) is 0 Å². The van der Waals surface area contributed by atoms with Gasteiger partial charge in [0.15, 0.2) is 0 Å². The number of benzene rings is 2. The van der Waals surface area contributed by atoms with Gasteiger partial charge in [-0.3, -0.25) is 0 Å². The van der Waals surface area contributed by atoms with Crippen molar-refractivity contribution in [2.45, 2.75) is 25.3 Å². The van der Waals surface area contributed by atoms with Crippen LogP contribution in [-0.4, -0.2) is 37.0 Å². The van der Waals surface area contributed by atoms with Crippen LogP contribution in [0.3, 0.4) is 0 Å². The molecule has 0 bridgehead atoms. The van der Waals surface area contributed by atoms with Crippen LogP contribution in [0.25, 0.3) is 11.4 Å². The first kappa shape index (κ1) is 19.1. The Hall–Kier alpha value is -2.71. The van der Waals surface area contributed by atoms with E-state index in [0.717, 1.165) is 16.9 Å². The minimum absolute atomic E-state index is 0.0150. The molecule has 0 aliphatic rings. The zero-order chi connectivity index (χ0) is 19.6. The normalized spacial score (nSPS) is 11.7. The molecule has 0 atom stereocenters. The van der Waals surface area contributed by atoms with Crippen LogP contribution < -0.4 is 4.74 Å². The van der Waals surface area contributed by atoms with Crippen LogP contribution in [0, 0.1) is 13.8 Å². The molecule has 0 saturated heterocycles. The van der Waals surface area contributed by atoms with E-state index in [1.54, 1.807) is 38.3 Å². The molecular weight excluding hydrogens is 366 g/mol. The molecule has 0 saturated carbocycles. The van der Waals surface area contributed by atoms with Crippen molar-refractivity contribution in [3.8, 4) is 17.1 Å². The number of rotatable bonds is 6. The third-order valence-electron chi connectivity index (χ3n) is 4.21. The lowest BCUT2D eigenvalue weighted by molar-refractivity contribution is 0.336. The lowest BCUT2D eigenvalue weighted by Crippen LogP contribution is -2.27. The number of hydrogen-bond donors (Lipinski definition) is 0. The number of hydrogen-bond acceptors (Lipinski definition) is 6. The van der Waals surface area contributed by atoms with E-state index < -0.39 is 10.0 Å². The van der Waals surface area contributed by atoms with E-state index in [9.17, 15) is 8.42 Å². The molecule has 0 radical (unpaired) electrons. The van der Waals surface area contributed by atoms with E-state index in [1.807, 2.05) is 25.1 Å². The summed E-state index contributed by atoms with van der Waals surface area (Å²) in [5, 5.41) is 3.93. The summed E-state index contributed by atoms with van der Waals surface area (Å²) < 4.78 is 37.3. The SMILES string of the molecule is COc1ccc(-c2noc(CN(C)S(=O)(=O)c3cc(C)ccc3C)n2)cc1. The number of ether oxygens (including phenoxy) is 1. The third-order valence-corrected chi connectivity index (χ3v) is 6.15. The average molecular weight is 387 g/mol. The standard InChI is InChI=1S/C19H21N3O4S/c1-13-5-6-14(2)17(11-13)27(23,24)22(3)12-18-20-19(21-26-18)15-7-9-16(25-4)10-8-15/h5-11H,12H2,1-4H3. The molecule has 2 aromatic carbocycles. The topological polar surface area (TPSA) is 85.5 Å². The molecule has 1 heterocycles. The van der Waals surface area contributed by atoms with Crippen LogP contribution in [0.2, 0.25) is 0 Å². The highest BCUT2D eigenvalue weighted by molar-refractivity contribution is 7.89. The molecule has 0 amide bonds. The fourth-order valence-electron chi connectivity index (χ4n) is 2.60. The maximum atomic E-state index is 12.9. The van der Waals surface area contributed by atoms with E-state index in [-0.39, 0.29) is 17.3 Å². The van der Waals surface area contributed by atoms with Crippen LogP contribution >= 0.6 is 0 Å². The van der Waals surface area contributed by atoms with Crippen LogP contribution in [0.1, 0.15) is 17.0 Å². The highest BCUT2D eigenvalue weighted by Gasteiger charge is 2.25. The van der Waals surface area contributed by atoms with E-state index in [1.165, 1.54) is 11.4 Å². The highest BCUT2D eigenvalue weighted by Crippen LogP contribution is 2.23. The average Bonchev–Trinajstić information content (AvgIpc) is 3.12. The van der Waals surface area contributed by atoms with Crippen LogP contribution in [0.15, 0.2) is 51.9 Å². The van der Waals surface area contributed by atoms with Gasteiger partial charge in [0.25, 0.3) is 0 Å². The Balaban J connectivity index is 1.80. The monoisotopic (exact) mass is 387 g/mol. The van der Waals surface area contributed by atoms with Crippen molar-refractivity contribution in [2.75, 3.05) is 14.2 Å². The summed E-state index contributed by atoms with van der Waals surface area (Å²) in [4.78, 5) is 4.58. The molecule has 0 spiro atoms. The third kappa shape index (κ3) is 4.01. The zero-order valence-electron chi connectivity index (χ0n) is 15.6. The molecule has 0 aliphatic heterocycles. The fourth-order valence-corrected chi connectivity index (χ4v) is 4.03. The second-order valence-corrected chi connectivity index (χ2v) is 8.28. The maximum absolute atomic E-state index is 12.9. The van der Waals surface area contributed by atoms with Crippen molar-refractivity contribution in [3.63, 3.8) is 0 Å². The lowest BCUT2D eigenvalue weighted by atomic mass is 10.2. The van der Waals surface area contributed by atoms with Crippen molar-refractivity contribution in [1.82, 2.24) is 14.4 Å². The Morgan fingerprint density at radius 2 is 1.81 bits per heavy atom. The summed E-state index contributed by atoms with van der Waals surface area (Å²) in [5.74, 6) is 1.34. The molecule has 0 N–H and O–H groups in total. The van der Waals surface area contributed by atoms with E-state index >= 15 is 0 Å². The molecule has 3 rings (SSSR count). The molecule has 0 unspecified atom stereocenters. The van der Waals surface area contributed by atoms with Gasteiger partial charge in [-0.15, -0.1) is 0 Å². The van der Waals surface area contributed by atoms with Gasteiger partial charge in [0.05, 0.1) is 18.6 Å². The van der Waals surface area contributed by atoms with Gasteiger partial charge in [0.2, 0.25) is 21.7 Å². The highest BCUT2D eigenvalue weighted by atomic mass is 32.2. The number of aromatic nitrogens is 2. The smallest absolute Gasteiger partial charge is 0.243 e. The summed E-state index contributed by atoms with van der Waals surface area (Å²) in [6, 6.07) is 12.6. The predicted molar refractivity (Wildman–Crippen MR) is 101 cm³/mol. The molecule has 7 nitrogen and oxygen atoms in total. The van der Waals surface area contributed by atoms with Crippen LogP contribution in [-0.2, 0) is 16.6 Å². The van der Waals surface area contributed by atoms with Crippen molar-refractivity contribution in [2.24, 2.45) is 0 Å². The minimum atomic E-state index is -3.67. The Morgan fingerprint density at radius 1 is 1.11 bits per heavy atom. The van der Waals surface area contributed by atoms with Crippen LogP contribution in [0.4, 0.5) is 0 Å². The van der Waals surface area contributed by atoms with Crippen LogP contribution in [0.5, 0.6) is 5.75 Å².